The number of nitrogens with one attached hydrogen (secondary N) is 1. The van der Waals surface area contributed by atoms with Gasteiger partial charge in [0.2, 0.25) is 0 Å². The lowest BCUT2D eigenvalue weighted by molar-refractivity contribution is 0.440. The largest absolute Gasteiger partial charge is 0.312 e. The third kappa shape index (κ3) is 2.74. The molecule has 1 fully saturated rings. The van der Waals surface area contributed by atoms with Crippen LogP contribution in [-0.4, -0.2) is 6.54 Å². The summed E-state index contributed by atoms with van der Waals surface area (Å²) < 4.78 is 13.4. The SMILES string of the molecule is CCC1(CNCc2ccc(Cl)cc2F)CC1. The van der Waals surface area contributed by atoms with Crippen molar-refractivity contribution >= 4 is 11.6 Å². The lowest BCUT2D eigenvalue weighted by Crippen LogP contribution is -2.23. The third-order valence-corrected chi connectivity index (χ3v) is 3.77. The topological polar surface area (TPSA) is 12.0 Å². The molecule has 3 heteroatoms. The van der Waals surface area contributed by atoms with Gasteiger partial charge >= 0.3 is 0 Å². The summed E-state index contributed by atoms with van der Waals surface area (Å²) in [5.41, 5.74) is 1.19. The van der Waals surface area contributed by atoms with Gasteiger partial charge in [-0.3, -0.25) is 0 Å². The third-order valence-electron chi connectivity index (χ3n) is 3.54. The van der Waals surface area contributed by atoms with Gasteiger partial charge in [-0.05, 0) is 36.8 Å². The lowest BCUT2D eigenvalue weighted by atomic mass is 10.0. The van der Waals surface area contributed by atoms with Crippen LogP contribution >= 0.6 is 11.6 Å². The normalized spacial score (nSPS) is 17.4. The van der Waals surface area contributed by atoms with Crippen LogP contribution < -0.4 is 5.32 Å². The first-order valence-electron chi connectivity index (χ1n) is 5.80. The maximum absolute atomic E-state index is 13.4. The van der Waals surface area contributed by atoms with Crippen LogP contribution in [0.3, 0.4) is 0 Å². The molecule has 0 aliphatic heterocycles. The van der Waals surface area contributed by atoms with Crippen molar-refractivity contribution in [3.63, 3.8) is 0 Å². The van der Waals surface area contributed by atoms with Gasteiger partial charge in [-0.15, -0.1) is 0 Å². The summed E-state index contributed by atoms with van der Waals surface area (Å²) in [6, 6.07) is 4.84. The Kier molecular flexibility index (Phi) is 3.50. The summed E-state index contributed by atoms with van der Waals surface area (Å²) in [6.45, 7) is 3.80. The van der Waals surface area contributed by atoms with Gasteiger partial charge < -0.3 is 5.32 Å². The van der Waals surface area contributed by atoms with Crippen LogP contribution in [0.4, 0.5) is 4.39 Å². The summed E-state index contributed by atoms with van der Waals surface area (Å²) >= 11 is 5.70. The number of hydrogen-bond donors (Lipinski definition) is 1. The maximum Gasteiger partial charge on any atom is 0.129 e. The van der Waals surface area contributed by atoms with Crippen molar-refractivity contribution in [2.45, 2.75) is 32.7 Å². The molecule has 0 unspecified atom stereocenters. The second kappa shape index (κ2) is 4.72. The quantitative estimate of drug-likeness (QED) is 0.828. The number of rotatable bonds is 5. The fourth-order valence-electron chi connectivity index (χ4n) is 1.96. The Morgan fingerprint density at radius 1 is 1.44 bits per heavy atom. The molecule has 1 aliphatic rings. The van der Waals surface area contributed by atoms with E-state index in [1.807, 2.05) is 0 Å². The van der Waals surface area contributed by atoms with Gasteiger partial charge in [0.15, 0.2) is 0 Å². The van der Waals surface area contributed by atoms with Crippen LogP contribution in [0.25, 0.3) is 0 Å². The van der Waals surface area contributed by atoms with E-state index in [9.17, 15) is 4.39 Å². The molecule has 0 bridgehead atoms. The average molecular weight is 242 g/mol. The molecule has 88 valence electrons. The minimum atomic E-state index is -0.221. The van der Waals surface area contributed by atoms with Crippen LogP contribution in [-0.2, 0) is 6.54 Å². The van der Waals surface area contributed by atoms with Gasteiger partial charge in [0, 0.05) is 23.7 Å². The standard InChI is InChI=1S/C13H17ClFN/c1-2-13(5-6-13)9-16-8-10-3-4-11(14)7-12(10)15/h3-4,7,16H,2,5-6,8-9H2,1H3. The van der Waals surface area contributed by atoms with E-state index >= 15 is 0 Å². The van der Waals surface area contributed by atoms with Crippen molar-refractivity contribution in [3.8, 4) is 0 Å². The molecule has 0 atom stereocenters. The minimum absolute atomic E-state index is 0.221. The first-order valence-corrected chi connectivity index (χ1v) is 6.18. The number of halogens is 2. The predicted octanol–water partition coefficient (Wildman–Crippen LogP) is 3.76. The maximum atomic E-state index is 13.4. The molecule has 1 N–H and O–H groups in total. The van der Waals surface area contributed by atoms with Crippen LogP contribution in [0.2, 0.25) is 5.02 Å². The van der Waals surface area contributed by atoms with Crippen LogP contribution in [0, 0.1) is 11.2 Å². The fourth-order valence-corrected chi connectivity index (χ4v) is 2.12. The summed E-state index contributed by atoms with van der Waals surface area (Å²) in [5.74, 6) is -0.221. The fraction of sp³-hybridized carbons (Fsp3) is 0.538. The van der Waals surface area contributed by atoms with E-state index in [4.69, 9.17) is 11.6 Å². The molecule has 1 aromatic carbocycles. The van der Waals surface area contributed by atoms with Crippen molar-refractivity contribution in [3.05, 3.63) is 34.6 Å². The van der Waals surface area contributed by atoms with Gasteiger partial charge in [-0.25, -0.2) is 4.39 Å². The van der Waals surface area contributed by atoms with Crippen LogP contribution in [0.1, 0.15) is 31.7 Å². The number of benzene rings is 1. The van der Waals surface area contributed by atoms with E-state index in [1.165, 1.54) is 25.3 Å². The van der Waals surface area contributed by atoms with Crippen molar-refractivity contribution < 1.29 is 4.39 Å². The van der Waals surface area contributed by atoms with Crippen LogP contribution in [0.15, 0.2) is 18.2 Å². The van der Waals surface area contributed by atoms with Crippen molar-refractivity contribution in [2.75, 3.05) is 6.54 Å². The second-order valence-corrected chi connectivity index (χ2v) is 5.13. The Labute approximate surface area is 101 Å². The van der Waals surface area contributed by atoms with Crippen molar-refractivity contribution in [1.29, 1.82) is 0 Å². The Hall–Kier alpha value is -0.600. The molecule has 0 spiro atoms. The zero-order chi connectivity index (χ0) is 11.6. The summed E-state index contributed by atoms with van der Waals surface area (Å²) in [5, 5.41) is 3.78. The zero-order valence-corrected chi connectivity index (χ0v) is 10.3. The van der Waals surface area contributed by atoms with Gasteiger partial charge in [0.05, 0.1) is 0 Å². The Balaban J connectivity index is 1.85. The molecule has 0 radical (unpaired) electrons. The highest BCUT2D eigenvalue weighted by molar-refractivity contribution is 6.30. The summed E-state index contributed by atoms with van der Waals surface area (Å²) in [7, 11) is 0. The molecule has 1 aliphatic carbocycles. The molecule has 2 rings (SSSR count). The second-order valence-electron chi connectivity index (χ2n) is 4.69. The highest BCUT2D eigenvalue weighted by atomic mass is 35.5. The first kappa shape index (κ1) is 11.9. The van der Waals surface area contributed by atoms with Gasteiger partial charge in [0.1, 0.15) is 5.82 Å². The van der Waals surface area contributed by atoms with E-state index in [1.54, 1.807) is 12.1 Å². The summed E-state index contributed by atoms with van der Waals surface area (Å²) in [4.78, 5) is 0. The van der Waals surface area contributed by atoms with Gasteiger partial charge in [-0.2, -0.15) is 0 Å². The van der Waals surface area contributed by atoms with Gasteiger partial charge in [0.25, 0.3) is 0 Å². The molecular formula is C13H17ClFN. The Morgan fingerprint density at radius 2 is 2.19 bits per heavy atom. The van der Waals surface area contributed by atoms with Crippen molar-refractivity contribution in [2.24, 2.45) is 5.41 Å². The predicted molar refractivity (Wildman–Crippen MR) is 65.1 cm³/mol. The van der Waals surface area contributed by atoms with Gasteiger partial charge in [-0.1, -0.05) is 24.6 Å². The molecule has 0 aromatic heterocycles. The molecule has 1 saturated carbocycles. The average Bonchev–Trinajstić information content (AvgIpc) is 3.02. The minimum Gasteiger partial charge on any atom is -0.312 e. The molecule has 0 saturated heterocycles. The zero-order valence-electron chi connectivity index (χ0n) is 9.52. The summed E-state index contributed by atoms with van der Waals surface area (Å²) in [6.07, 6.45) is 3.82. The van der Waals surface area contributed by atoms with E-state index in [0.717, 1.165) is 6.54 Å². The smallest absolute Gasteiger partial charge is 0.129 e. The van der Waals surface area contributed by atoms with Crippen LogP contribution in [0.5, 0.6) is 0 Å². The molecule has 1 nitrogen and oxygen atoms in total. The molecule has 0 amide bonds. The Bertz CT molecular complexity index is 374. The molecule has 16 heavy (non-hydrogen) atoms. The van der Waals surface area contributed by atoms with E-state index in [-0.39, 0.29) is 5.82 Å². The first-order chi connectivity index (χ1) is 7.65. The van der Waals surface area contributed by atoms with Crippen molar-refractivity contribution in [1.82, 2.24) is 5.32 Å². The highest BCUT2D eigenvalue weighted by Gasteiger charge is 2.39. The van der Waals surface area contributed by atoms with E-state index in [2.05, 4.69) is 12.2 Å². The monoisotopic (exact) mass is 241 g/mol. The lowest BCUT2D eigenvalue weighted by Gasteiger charge is -2.13. The van der Waals surface area contributed by atoms with E-state index < -0.39 is 0 Å². The number of hydrogen-bond acceptors (Lipinski definition) is 1. The van der Waals surface area contributed by atoms with E-state index in [0.29, 0.717) is 22.5 Å². The Morgan fingerprint density at radius 3 is 2.75 bits per heavy atom. The molecule has 1 aromatic rings. The molecular weight excluding hydrogens is 225 g/mol. The molecule has 0 heterocycles. The highest BCUT2D eigenvalue weighted by Crippen LogP contribution is 2.47.